The summed E-state index contributed by atoms with van der Waals surface area (Å²) < 4.78 is 0. The van der Waals surface area contributed by atoms with Gasteiger partial charge in [0.05, 0.1) is 6.07 Å². The number of anilines is 1. The maximum Gasteiger partial charge on any atom is 0.0988 e. The van der Waals surface area contributed by atoms with Gasteiger partial charge in [-0.3, -0.25) is 0 Å². The monoisotopic (exact) mass is 424 g/mol. The Bertz CT molecular complexity index is 1360. The van der Waals surface area contributed by atoms with E-state index in [0.29, 0.717) is 5.57 Å². The van der Waals surface area contributed by atoms with Gasteiger partial charge in [-0.2, -0.15) is 5.26 Å². The molecule has 0 amide bonds. The Morgan fingerprint density at radius 1 is 0.667 bits per heavy atom. The van der Waals surface area contributed by atoms with E-state index in [9.17, 15) is 5.26 Å². The van der Waals surface area contributed by atoms with Crippen molar-refractivity contribution < 1.29 is 0 Å². The third-order valence-corrected chi connectivity index (χ3v) is 5.95. The predicted molar refractivity (Wildman–Crippen MR) is 138 cm³/mol. The molecular formula is C31H24N2. The zero-order valence-electron chi connectivity index (χ0n) is 18.3. The summed E-state index contributed by atoms with van der Waals surface area (Å²) in [5, 5.41) is 12.9. The van der Waals surface area contributed by atoms with Gasteiger partial charge < -0.3 is 5.32 Å². The first kappa shape index (κ1) is 20.5. The van der Waals surface area contributed by atoms with E-state index < -0.39 is 0 Å². The number of rotatable bonds is 5. The molecule has 1 aliphatic rings. The van der Waals surface area contributed by atoms with Gasteiger partial charge in [-0.1, -0.05) is 91.0 Å². The van der Waals surface area contributed by atoms with Crippen LogP contribution in [0.25, 0.3) is 33.4 Å². The molecule has 0 fully saturated rings. The molecule has 0 aromatic heterocycles. The average Bonchev–Trinajstić information content (AvgIpc) is 2.90. The standard InChI is InChI=1S/C31H24N2/c32-22-23-9-7-16-29(19-23)33-31-18-17-28(21-30(31)25-12-5-2-6-13-25)27-15-8-14-26(20-27)24-10-3-1-4-11-24/h1-15,17-21,29,33H,16H2. The maximum atomic E-state index is 9.28. The van der Waals surface area contributed by atoms with E-state index in [1.807, 2.05) is 24.3 Å². The van der Waals surface area contributed by atoms with Crippen molar-refractivity contribution in [1.29, 1.82) is 5.26 Å². The molecule has 2 heteroatoms. The molecule has 1 N–H and O–H groups in total. The van der Waals surface area contributed by atoms with Crippen molar-refractivity contribution >= 4 is 5.69 Å². The smallest absolute Gasteiger partial charge is 0.0988 e. The van der Waals surface area contributed by atoms with E-state index in [4.69, 9.17) is 0 Å². The minimum absolute atomic E-state index is 0.0966. The minimum Gasteiger partial charge on any atom is -0.378 e. The lowest BCUT2D eigenvalue weighted by Crippen LogP contribution is -2.18. The highest BCUT2D eigenvalue weighted by Crippen LogP contribution is 2.35. The molecule has 158 valence electrons. The summed E-state index contributed by atoms with van der Waals surface area (Å²) in [6.45, 7) is 0. The molecule has 1 aliphatic carbocycles. The van der Waals surface area contributed by atoms with Crippen LogP contribution < -0.4 is 5.32 Å². The Labute approximate surface area is 195 Å². The number of benzene rings is 4. The molecule has 0 saturated heterocycles. The zero-order valence-corrected chi connectivity index (χ0v) is 18.3. The van der Waals surface area contributed by atoms with Gasteiger partial charge in [0, 0.05) is 22.9 Å². The van der Waals surface area contributed by atoms with E-state index in [-0.39, 0.29) is 6.04 Å². The van der Waals surface area contributed by atoms with Gasteiger partial charge in [-0.25, -0.2) is 0 Å². The van der Waals surface area contributed by atoms with Crippen LogP contribution in [-0.2, 0) is 0 Å². The molecule has 1 unspecified atom stereocenters. The Hall–Kier alpha value is -4.35. The van der Waals surface area contributed by atoms with Crippen molar-refractivity contribution in [2.45, 2.75) is 12.5 Å². The third kappa shape index (κ3) is 4.63. The van der Waals surface area contributed by atoms with E-state index in [2.05, 4.69) is 108 Å². The zero-order chi connectivity index (χ0) is 22.5. The van der Waals surface area contributed by atoms with Crippen molar-refractivity contribution in [2.24, 2.45) is 0 Å². The van der Waals surface area contributed by atoms with Gasteiger partial charge in [0.15, 0.2) is 0 Å². The molecule has 5 rings (SSSR count). The summed E-state index contributed by atoms with van der Waals surface area (Å²) >= 11 is 0. The molecule has 1 atom stereocenters. The molecule has 4 aromatic rings. The topological polar surface area (TPSA) is 35.8 Å². The number of hydrogen-bond donors (Lipinski definition) is 1. The van der Waals surface area contributed by atoms with Gasteiger partial charge in [0.25, 0.3) is 0 Å². The van der Waals surface area contributed by atoms with Crippen LogP contribution in [0, 0.1) is 11.3 Å². The fraction of sp³-hybridized carbons (Fsp3) is 0.0645. The third-order valence-electron chi connectivity index (χ3n) is 5.95. The van der Waals surface area contributed by atoms with Crippen molar-refractivity contribution in [3.8, 4) is 39.4 Å². The second kappa shape index (κ2) is 9.42. The molecule has 0 radical (unpaired) electrons. The highest BCUT2D eigenvalue weighted by molar-refractivity contribution is 5.84. The Balaban J connectivity index is 1.54. The van der Waals surface area contributed by atoms with Crippen LogP contribution in [0.3, 0.4) is 0 Å². The Kier molecular flexibility index (Phi) is 5.87. The van der Waals surface area contributed by atoms with Gasteiger partial charge in [-0.05, 0) is 64.6 Å². The molecular weight excluding hydrogens is 400 g/mol. The van der Waals surface area contributed by atoms with E-state index in [1.54, 1.807) is 0 Å². The first-order valence-electron chi connectivity index (χ1n) is 11.2. The number of allylic oxidation sites excluding steroid dienone is 2. The molecule has 0 bridgehead atoms. The molecule has 2 nitrogen and oxygen atoms in total. The number of nitriles is 1. The summed E-state index contributed by atoms with van der Waals surface area (Å²) in [6.07, 6.45) is 6.81. The molecule has 0 saturated carbocycles. The van der Waals surface area contributed by atoms with Crippen LogP contribution in [0.15, 0.2) is 127 Å². The van der Waals surface area contributed by atoms with Gasteiger partial charge >= 0.3 is 0 Å². The second-order valence-electron chi connectivity index (χ2n) is 8.20. The number of hydrogen-bond acceptors (Lipinski definition) is 2. The SMILES string of the molecule is N#CC1=CC(Nc2ccc(-c3cccc(-c4ccccc4)c3)cc2-c2ccccc2)CC=C1. The largest absolute Gasteiger partial charge is 0.378 e. The van der Waals surface area contributed by atoms with Crippen molar-refractivity contribution in [1.82, 2.24) is 0 Å². The Morgan fingerprint density at radius 2 is 1.30 bits per heavy atom. The van der Waals surface area contributed by atoms with Crippen LogP contribution in [0.4, 0.5) is 5.69 Å². The fourth-order valence-electron chi connectivity index (χ4n) is 4.27. The van der Waals surface area contributed by atoms with Gasteiger partial charge in [0.2, 0.25) is 0 Å². The molecule has 0 spiro atoms. The normalized spacial score (nSPS) is 14.9. The van der Waals surface area contributed by atoms with Crippen LogP contribution in [-0.4, -0.2) is 6.04 Å². The fourth-order valence-corrected chi connectivity index (χ4v) is 4.27. The highest BCUT2D eigenvalue weighted by atomic mass is 14.9. The lowest BCUT2D eigenvalue weighted by atomic mass is 9.94. The summed E-state index contributed by atoms with van der Waals surface area (Å²) in [6, 6.07) is 38.6. The summed E-state index contributed by atoms with van der Waals surface area (Å²) in [4.78, 5) is 0. The van der Waals surface area contributed by atoms with Gasteiger partial charge in [-0.15, -0.1) is 0 Å². The van der Waals surface area contributed by atoms with Crippen LogP contribution in [0.1, 0.15) is 6.42 Å². The average molecular weight is 425 g/mol. The summed E-state index contributed by atoms with van der Waals surface area (Å²) in [5.41, 5.74) is 8.87. The molecule has 0 heterocycles. The predicted octanol–water partition coefficient (Wildman–Crippen LogP) is 7.88. The highest BCUT2D eigenvalue weighted by Gasteiger charge is 2.14. The van der Waals surface area contributed by atoms with Crippen LogP contribution in [0.2, 0.25) is 0 Å². The van der Waals surface area contributed by atoms with Crippen molar-refractivity contribution in [3.63, 3.8) is 0 Å². The summed E-state index contributed by atoms with van der Waals surface area (Å²) in [7, 11) is 0. The maximum absolute atomic E-state index is 9.28. The van der Waals surface area contributed by atoms with Crippen molar-refractivity contribution in [2.75, 3.05) is 5.32 Å². The Morgan fingerprint density at radius 3 is 2.03 bits per heavy atom. The van der Waals surface area contributed by atoms with E-state index in [0.717, 1.165) is 23.2 Å². The first-order chi connectivity index (χ1) is 16.3. The number of nitrogens with one attached hydrogen (secondary N) is 1. The van der Waals surface area contributed by atoms with Gasteiger partial charge in [0.1, 0.15) is 0 Å². The quantitative estimate of drug-likeness (QED) is 0.354. The molecule has 33 heavy (non-hydrogen) atoms. The second-order valence-corrected chi connectivity index (χ2v) is 8.20. The van der Waals surface area contributed by atoms with E-state index in [1.165, 1.54) is 22.3 Å². The lowest BCUT2D eigenvalue weighted by molar-refractivity contribution is 0.878. The van der Waals surface area contributed by atoms with Crippen molar-refractivity contribution in [3.05, 3.63) is 127 Å². The lowest BCUT2D eigenvalue weighted by Gasteiger charge is -2.21. The van der Waals surface area contributed by atoms with Crippen LogP contribution >= 0.6 is 0 Å². The van der Waals surface area contributed by atoms with E-state index >= 15 is 0 Å². The molecule has 4 aromatic carbocycles. The van der Waals surface area contributed by atoms with Crippen LogP contribution in [0.5, 0.6) is 0 Å². The number of nitrogens with zero attached hydrogens (tertiary/aromatic N) is 1. The minimum atomic E-state index is 0.0966. The molecule has 0 aliphatic heterocycles. The first-order valence-corrected chi connectivity index (χ1v) is 11.2. The summed E-state index contributed by atoms with van der Waals surface area (Å²) in [5.74, 6) is 0.